The Morgan fingerprint density at radius 2 is 2.18 bits per heavy atom. The molecule has 1 aromatic carbocycles. The fourth-order valence-electron chi connectivity index (χ4n) is 1.92. The maximum atomic E-state index is 9.14. The molecule has 0 aliphatic heterocycles. The summed E-state index contributed by atoms with van der Waals surface area (Å²) in [6.45, 7) is 4.34. The molecule has 17 heavy (non-hydrogen) atoms. The van der Waals surface area contributed by atoms with Gasteiger partial charge in [0.1, 0.15) is 17.9 Å². The van der Waals surface area contributed by atoms with Crippen LogP contribution in [0.5, 0.6) is 5.75 Å². The first kappa shape index (κ1) is 11.9. The minimum absolute atomic E-state index is 0.276. The molecule has 0 amide bonds. The van der Waals surface area contributed by atoms with Gasteiger partial charge in [-0.15, -0.1) is 0 Å². The molecule has 1 aromatic rings. The summed E-state index contributed by atoms with van der Waals surface area (Å²) in [6, 6.07) is 8.12. The molecule has 2 rings (SSSR count). The summed E-state index contributed by atoms with van der Waals surface area (Å²) in [5, 5.41) is 9.14. The molecule has 1 fully saturated rings. The smallest absolute Gasteiger partial charge is 0.141 e. The minimum Gasteiger partial charge on any atom is -0.490 e. The molecule has 1 aliphatic rings. The van der Waals surface area contributed by atoms with Gasteiger partial charge in [0.05, 0.1) is 6.07 Å². The summed E-state index contributed by atoms with van der Waals surface area (Å²) in [7, 11) is 0. The quantitative estimate of drug-likeness (QED) is 0.863. The molecule has 0 saturated heterocycles. The third kappa shape index (κ3) is 2.42. The number of hydrogen-bond acceptors (Lipinski definition) is 3. The van der Waals surface area contributed by atoms with E-state index in [1.54, 1.807) is 0 Å². The third-order valence-corrected chi connectivity index (χ3v) is 3.54. The van der Waals surface area contributed by atoms with Crippen LogP contribution in [0.1, 0.15) is 24.0 Å². The van der Waals surface area contributed by atoms with E-state index in [1.165, 1.54) is 5.56 Å². The highest BCUT2D eigenvalue weighted by Crippen LogP contribution is 2.38. The second-order valence-corrected chi connectivity index (χ2v) is 4.91. The topological polar surface area (TPSA) is 59.0 Å². The SMILES string of the molecule is Cc1cccc(OCC(N)(C#N)C2CC2)c1C. The van der Waals surface area contributed by atoms with Gasteiger partial charge in [-0.3, -0.25) is 0 Å². The highest BCUT2D eigenvalue weighted by atomic mass is 16.5. The molecule has 90 valence electrons. The van der Waals surface area contributed by atoms with Crippen molar-refractivity contribution in [1.29, 1.82) is 5.26 Å². The van der Waals surface area contributed by atoms with Gasteiger partial charge in [0.15, 0.2) is 0 Å². The van der Waals surface area contributed by atoms with Crippen LogP contribution in [0.15, 0.2) is 18.2 Å². The van der Waals surface area contributed by atoms with Crippen molar-refractivity contribution in [2.75, 3.05) is 6.61 Å². The lowest BCUT2D eigenvalue weighted by Crippen LogP contribution is -2.46. The van der Waals surface area contributed by atoms with Crippen molar-refractivity contribution in [2.45, 2.75) is 32.2 Å². The van der Waals surface area contributed by atoms with Crippen LogP contribution in [-0.2, 0) is 0 Å². The lowest BCUT2D eigenvalue weighted by molar-refractivity contribution is 0.235. The minimum atomic E-state index is -0.823. The highest BCUT2D eigenvalue weighted by Gasteiger charge is 2.43. The standard InChI is InChI=1S/C14H18N2O/c1-10-4-3-5-13(11(10)2)17-9-14(16,8-15)12-6-7-12/h3-5,12H,6-7,9,16H2,1-2H3. The maximum Gasteiger partial charge on any atom is 0.141 e. The first-order valence-electron chi connectivity index (χ1n) is 5.96. The molecule has 2 N–H and O–H groups in total. The molecule has 1 saturated carbocycles. The van der Waals surface area contributed by atoms with Gasteiger partial charge in [-0.1, -0.05) is 12.1 Å². The van der Waals surface area contributed by atoms with Crippen molar-refractivity contribution in [1.82, 2.24) is 0 Å². The molecule has 0 bridgehead atoms. The largest absolute Gasteiger partial charge is 0.490 e. The van der Waals surface area contributed by atoms with Gasteiger partial charge in [0, 0.05) is 0 Å². The molecule has 1 unspecified atom stereocenters. The Labute approximate surface area is 102 Å². The van der Waals surface area contributed by atoms with Crippen molar-refractivity contribution in [3.8, 4) is 11.8 Å². The average molecular weight is 230 g/mol. The van der Waals surface area contributed by atoms with Crippen molar-refractivity contribution < 1.29 is 4.74 Å². The van der Waals surface area contributed by atoms with Crippen LogP contribution >= 0.6 is 0 Å². The Bertz CT molecular complexity index is 460. The highest BCUT2D eigenvalue weighted by molar-refractivity contribution is 5.38. The molecule has 0 radical (unpaired) electrons. The van der Waals surface area contributed by atoms with E-state index >= 15 is 0 Å². The molecular formula is C14H18N2O. The predicted octanol–water partition coefficient (Wildman–Crippen LogP) is 2.31. The summed E-state index contributed by atoms with van der Waals surface area (Å²) in [4.78, 5) is 0. The number of hydrogen-bond donors (Lipinski definition) is 1. The number of nitrogens with two attached hydrogens (primary N) is 1. The van der Waals surface area contributed by atoms with Crippen LogP contribution in [0.3, 0.4) is 0 Å². The van der Waals surface area contributed by atoms with Crippen LogP contribution in [0.2, 0.25) is 0 Å². The number of nitrogens with zero attached hydrogens (tertiary/aromatic N) is 1. The first-order valence-corrected chi connectivity index (χ1v) is 5.96. The van der Waals surface area contributed by atoms with Crippen molar-refractivity contribution in [3.63, 3.8) is 0 Å². The second-order valence-electron chi connectivity index (χ2n) is 4.91. The number of benzene rings is 1. The van der Waals surface area contributed by atoms with Gasteiger partial charge in [0.2, 0.25) is 0 Å². The predicted molar refractivity (Wildman–Crippen MR) is 66.7 cm³/mol. The monoisotopic (exact) mass is 230 g/mol. The van der Waals surface area contributed by atoms with E-state index in [9.17, 15) is 0 Å². The summed E-state index contributed by atoms with van der Waals surface area (Å²) in [6.07, 6.45) is 2.08. The number of nitriles is 1. The Kier molecular flexibility index (Phi) is 3.08. The van der Waals surface area contributed by atoms with E-state index in [2.05, 4.69) is 6.07 Å². The lowest BCUT2D eigenvalue weighted by atomic mass is 9.98. The van der Waals surface area contributed by atoms with Gasteiger partial charge in [-0.2, -0.15) is 5.26 Å². The van der Waals surface area contributed by atoms with Crippen LogP contribution in [0.4, 0.5) is 0 Å². The Balaban J connectivity index is 2.07. The van der Waals surface area contributed by atoms with Gasteiger partial charge >= 0.3 is 0 Å². The molecule has 3 heteroatoms. The van der Waals surface area contributed by atoms with E-state index in [4.69, 9.17) is 15.7 Å². The van der Waals surface area contributed by atoms with Gasteiger partial charge in [-0.05, 0) is 49.8 Å². The maximum absolute atomic E-state index is 9.14. The zero-order valence-corrected chi connectivity index (χ0v) is 10.4. The van der Waals surface area contributed by atoms with Crippen LogP contribution < -0.4 is 10.5 Å². The summed E-state index contributed by atoms with van der Waals surface area (Å²) in [5.41, 5.74) is 7.53. The first-order chi connectivity index (χ1) is 8.07. The molecule has 1 aliphatic carbocycles. The molecule has 0 aromatic heterocycles. The van der Waals surface area contributed by atoms with Gasteiger partial charge < -0.3 is 10.5 Å². The summed E-state index contributed by atoms with van der Waals surface area (Å²) in [5.74, 6) is 1.13. The third-order valence-electron chi connectivity index (χ3n) is 3.54. The Hall–Kier alpha value is -1.53. The molecule has 1 atom stereocenters. The van der Waals surface area contributed by atoms with Crippen molar-refractivity contribution in [2.24, 2.45) is 11.7 Å². The van der Waals surface area contributed by atoms with E-state index in [0.29, 0.717) is 5.92 Å². The number of rotatable bonds is 4. The Morgan fingerprint density at radius 1 is 1.47 bits per heavy atom. The summed E-state index contributed by atoms with van der Waals surface area (Å²) < 4.78 is 5.73. The van der Waals surface area contributed by atoms with Gasteiger partial charge in [0.25, 0.3) is 0 Å². The number of ether oxygens (including phenoxy) is 1. The van der Waals surface area contributed by atoms with E-state index in [0.717, 1.165) is 24.2 Å². The fraction of sp³-hybridized carbons (Fsp3) is 0.500. The van der Waals surface area contributed by atoms with Gasteiger partial charge in [-0.25, -0.2) is 0 Å². The molecule has 0 spiro atoms. The molecule has 0 heterocycles. The van der Waals surface area contributed by atoms with Crippen molar-refractivity contribution >= 4 is 0 Å². The molecule has 3 nitrogen and oxygen atoms in total. The summed E-state index contributed by atoms with van der Waals surface area (Å²) >= 11 is 0. The number of aryl methyl sites for hydroxylation is 1. The van der Waals surface area contributed by atoms with E-state index in [1.807, 2.05) is 32.0 Å². The average Bonchev–Trinajstić information content (AvgIpc) is 3.15. The van der Waals surface area contributed by atoms with Crippen LogP contribution in [0, 0.1) is 31.1 Å². The fourth-order valence-corrected chi connectivity index (χ4v) is 1.92. The van der Waals surface area contributed by atoms with E-state index < -0.39 is 5.54 Å². The lowest BCUT2D eigenvalue weighted by Gasteiger charge is -2.22. The van der Waals surface area contributed by atoms with Crippen LogP contribution in [-0.4, -0.2) is 12.1 Å². The second kappa shape index (κ2) is 4.38. The van der Waals surface area contributed by atoms with E-state index in [-0.39, 0.29) is 6.61 Å². The zero-order chi connectivity index (χ0) is 12.5. The van der Waals surface area contributed by atoms with Crippen LogP contribution in [0.25, 0.3) is 0 Å². The van der Waals surface area contributed by atoms with Crippen molar-refractivity contribution in [3.05, 3.63) is 29.3 Å². The normalized spacial score (nSPS) is 18.2. The molecular weight excluding hydrogens is 212 g/mol. The Morgan fingerprint density at radius 3 is 2.76 bits per heavy atom. The zero-order valence-electron chi connectivity index (χ0n) is 10.4.